The summed E-state index contributed by atoms with van der Waals surface area (Å²) < 4.78 is 17.7. The van der Waals surface area contributed by atoms with E-state index in [1.54, 1.807) is 36.5 Å². The van der Waals surface area contributed by atoms with Crippen molar-refractivity contribution in [2.75, 3.05) is 20.8 Å². The Morgan fingerprint density at radius 1 is 1.08 bits per heavy atom. The molecule has 1 atom stereocenters. The fourth-order valence-corrected chi connectivity index (χ4v) is 4.39. The van der Waals surface area contributed by atoms with Gasteiger partial charge in [0.05, 0.1) is 31.1 Å². The van der Waals surface area contributed by atoms with Crippen LogP contribution < -0.4 is 10.3 Å². The normalized spacial score (nSPS) is 11.8. The summed E-state index contributed by atoms with van der Waals surface area (Å²) in [4.78, 5) is 41.9. The third-order valence-corrected chi connectivity index (χ3v) is 6.35. The van der Waals surface area contributed by atoms with Crippen LogP contribution in [-0.2, 0) is 16.0 Å². The molecule has 0 aliphatic heterocycles. The molecule has 0 aliphatic rings. The lowest BCUT2D eigenvalue weighted by Crippen LogP contribution is -2.31. The third-order valence-electron chi connectivity index (χ3n) is 6.12. The minimum absolute atomic E-state index is 0.00865. The summed E-state index contributed by atoms with van der Waals surface area (Å²) in [6, 6.07) is 11.8. The number of halogens is 1. The van der Waals surface area contributed by atoms with E-state index in [0.29, 0.717) is 38.8 Å². The van der Waals surface area contributed by atoms with Gasteiger partial charge < -0.3 is 23.6 Å². The van der Waals surface area contributed by atoms with Crippen LogP contribution in [0.25, 0.3) is 22.5 Å². The smallest absolute Gasteiger partial charge is 0.335 e. The van der Waals surface area contributed by atoms with Crippen LogP contribution in [0.5, 0.6) is 5.75 Å². The van der Waals surface area contributed by atoms with Crippen LogP contribution in [0.1, 0.15) is 28.4 Å². The number of pyridine rings is 1. The highest BCUT2D eigenvalue weighted by molar-refractivity contribution is 6.31. The van der Waals surface area contributed by atoms with Crippen molar-refractivity contribution in [1.29, 1.82) is 0 Å². The number of benzene rings is 2. The van der Waals surface area contributed by atoms with Crippen LogP contribution in [0.4, 0.5) is 0 Å². The fourth-order valence-electron chi connectivity index (χ4n) is 4.22. The number of Topliss-reactive ketones (excluding diaryl/α,β-unsaturated/α-hetero) is 1. The van der Waals surface area contributed by atoms with Gasteiger partial charge in [0.1, 0.15) is 5.75 Å². The zero-order chi connectivity index (χ0) is 27.2. The average molecular weight is 537 g/mol. The van der Waals surface area contributed by atoms with Crippen LogP contribution in [0.2, 0.25) is 5.02 Å². The van der Waals surface area contributed by atoms with Crippen molar-refractivity contribution in [3.05, 3.63) is 93.8 Å². The number of aromatic carboxylic acids is 1. The summed E-state index contributed by atoms with van der Waals surface area (Å²) in [5.41, 5.74) is 2.09. The topological polar surface area (TPSA) is 121 Å². The summed E-state index contributed by atoms with van der Waals surface area (Å²) in [5.74, 6) is -0.434. The Kier molecular flexibility index (Phi) is 8.40. The highest BCUT2D eigenvalue weighted by atomic mass is 35.5. The van der Waals surface area contributed by atoms with Gasteiger partial charge in [0.2, 0.25) is 0 Å². The summed E-state index contributed by atoms with van der Waals surface area (Å²) in [6.45, 7) is 0.245. The third kappa shape index (κ3) is 5.85. The number of rotatable bonds is 11. The van der Waals surface area contributed by atoms with E-state index in [2.05, 4.69) is 4.98 Å². The van der Waals surface area contributed by atoms with E-state index in [-0.39, 0.29) is 30.8 Å². The molecule has 0 saturated carbocycles. The molecule has 196 valence electrons. The highest BCUT2D eigenvalue weighted by Gasteiger charge is 2.24. The van der Waals surface area contributed by atoms with E-state index < -0.39 is 17.6 Å². The second-order valence-electron chi connectivity index (χ2n) is 8.50. The maximum atomic E-state index is 13.4. The minimum Gasteiger partial charge on any atom is -0.495 e. The van der Waals surface area contributed by atoms with Crippen molar-refractivity contribution in [2.45, 2.75) is 18.9 Å². The molecule has 2 aromatic heterocycles. The predicted molar refractivity (Wildman–Crippen MR) is 141 cm³/mol. The van der Waals surface area contributed by atoms with Gasteiger partial charge in [-0.25, -0.2) is 9.78 Å². The number of methoxy groups -OCH3 is 2. The zero-order valence-electron chi connectivity index (χ0n) is 20.7. The Bertz CT molecular complexity index is 1490. The van der Waals surface area contributed by atoms with Gasteiger partial charge in [0.25, 0.3) is 5.56 Å². The Morgan fingerprint density at radius 3 is 2.47 bits per heavy atom. The summed E-state index contributed by atoms with van der Waals surface area (Å²) >= 11 is 6.29. The first-order chi connectivity index (χ1) is 18.3. The molecule has 0 bridgehead atoms. The quantitative estimate of drug-likeness (QED) is 0.287. The number of carbonyl (C=O) groups is 2. The molecule has 0 saturated heterocycles. The lowest BCUT2D eigenvalue weighted by atomic mass is 9.97. The summed E-state index contributed by atoms with van der Waals surface area (Å²) in [5, 5.41) is 9.57. The van der Waals surface area contributed by atoms with Crippen LogP contribution >= 0.6 is 11.6 Å². The van der Waals surface area contributed by atoms with Crippen molar-refractivity contribution in [1.82, 2.24) is 9.55 Å². The number of carbonyl (C=O) groups excluding carboxylic acids is 1. The highest BCUT2D eigenvalue weighted by Crippen LogP contribution is 2.38. The molecule has 10 heteroatoms. The van der Waals surface area contributed by atoms with E-state index in [4.69, 9.17) is 30.6 Å². The molecule has 0 spiro atoms. The van der Waals surface area contributed by atoms with Crippen LogP contribution in [0.15, 0.2) is 76.5 Å². The van der Waals surface area contributed by atoms with Crippen LogP contribution in [0, 0.1) is 0 Å². The maximum absolute atomic E-state index is 13.4. The number of hydrogen-bond donors (Lipinski definition) is 1. The number of ether oxygens (including phenoxy) is 2. The lowest BCUT2D eigenvalue weighted by Gasteiger charge is -2.21. The Hall–Kier alpha value is -4.21. The number of nitrogens with zero attached hydrogens (tertiary/aromatic N) is 2. The number of oxazole rings is 1. The van der Waals surface area contributed by atoms with Gasteiger partial charge in [-0.2, -0.15) is 0 Å². The van der Waals surface area contributed by atoms with Gasteiger partial charge >= 0.3 is 5.97 Å². The molecule has 38 heavy (non-hydrogen) atoms. The molecule has 4 rings (SSSR count). The molecule has 0 aliphatic carbocycles. The van der Waals surface area contributed by atoms with Crippen molar-refractivity contribution >= 4 is 23.4 Å². The van der Waals surface area contributed by atoms with E-state index in [0.717, 1.165) is 0 Å². The molecule has 0 radical (unpaired) electrons. The first-order valence-electron chi connectivity index (χ1n) is 11.6. The number of hydrogen-bond acceptors (Lipinski definition) is 7. The van der Waals surface area contributed by atoms with Crippen molar-refractivity contribution in [3.63, 3.8) is 0 Å². The maximum Gasteiger partial charge on any atom is 0.335 e. The van der Waals surface area contributed by atoms with Crippen molar-refractivity contribution < 1.29 is 28.6 Å². The first kappa shape index (κ1) is 26.8. The fraction of sp³-hybridized carbons (Fsp3) is 0.214. The van der Waals surface area contributed by atoms with E-state index >= 15 is 0 Å². The summed E-state index contributed by atoms with van der Waals surface area (Å²) in [6.07, 6.45) is 4.64. The number of carboxylic acids is 1. The first-order valence-corrected chi connectivity index (χ1v) is 12.0. The van der Waals surface area contributed by atoms with Gasteiger partial charge in [-0.15, -0.1) is 0 Å². The SMILES string of the molecule is COCCC(C(=O)Cc1ccc(C(=O)O)cc1)n1cc(OC)c(-c2cc(Cl)ccc2-c2cnco2)cc1=O. The van der Waals surface area contributed by atoms with Crippen molar-refractivity contribution in [3.8, 4) is 28.2 Å². The van der Waals surface area contributed by atoms with Gasteiger partial charge in [-0.3, -0.25) is 9.59 Å². The zero-order valence-corrected chi connectivity index (χ0v) is 21.5. The number of aromatic nitrogens is 2. The summed E-state index contributed by atoms with van der Waals surface area (Å²) in [7, 11) is 2.99. The molecular weight excluding hydrogens is 512 g/mol. The minimum atomic E-state index is -1.05. The monoisotopic (exact) mass is 536 g/mol. The second kappa shape index (κ2) is 11.9. The van der Waals surface area contributed by atoms with E-state index in [1.807, 2.05) is 0 Å². The van der Waals surface area contributed by atoms with E-state index in [1.165, 1.54) is 49.6 Å². The van der Waals surface area contributed by atoms with Gasteiger partial charge in [-0.1, -0.05) is 23.7 Å². The average Bonchev–Trinajstić information content (AvgIpc) is 3.44. The van der Waals surface area contributed by atoms with Gasteiger partial charge in [0.15, 0.2) is 17.9 Å². The predicted octanol–water partition coefficient (Wildman–Crippen LogP) is 4.92. The molecule has 4 aromatic rings. The molecule has 1 N–H and O–H groups in total. The molecule has 0 amide bonds. The van der Waals surface area contributed by atoms with Crippen molar-refractivity contribution in [2.24, 2.45) is 0 Å². The Labute approximate surface area is 223 Å². The van der Waals surface area contributed by atoms with Crippen LogP contribution in [0.3, 0.4) is 0 Å². The van der Waals surface area contributed by atoms with E-state index in [9.17, 15) is 14.4 Å². The number of carboxylic acid groups (broad SMARTS) is 1. The largest absolute Gasteiger partial charge is 0.495 e. The van der Waals surface area contributed by atoms with Gasteiger partial charge in [-0.05, 0) is 47.9 Å². The number of ketones is 1. The van der Waals surface area contributed by atoms with Crippen LogP contribution in [-0.4, -0.2) is 47.2 Å². The standard InChI is InChI=1S/C28H25ClN2O7/c1-36-10-9-23(24(32)11-17-3-5-18(6-4-17)28(34)35)31-15-26(37-2)22(13-27(31)33)21-12-19(29)7-8-20(21)25-14-30-16-38-25/h3-8,12-16,23H,9-11H2,1-2H3,(H,34,35). The Morgan fingerprint density at radius 2 is 1.84 bits per heavy atom. The molecule has 2 heterocycles. The second-order valence-corrected chi connectivity index (χ2v) is 8.94. The van der Waals surface area contributed by atoms with Gasteiger partial charge in [0, 0.05) is 42.4 Å². The Balaban J connectivity index is 1.74. The lowest BCUT2D eigenvalue weighted by molar-refractivity contribution is -0.122. The molecule has 2 aromatic carbocycles. The molecular formula is C28H25ClN2O7. The molecule has 9 nitrogen and oxygen atoms in total. The molecule has 1 unspecified atom stereocenters. The molecule has 0 fully saturated rings.